The van der Waals surface area contributed by atoms with Gasteiger partial charge in [-0.05, 0) is 32.4 Å². The van der Waals surface area contributed by atoms with Gasteiger partial charge < -0.3 is 20.2 Å². The van der Waals surface area contributed by atoms with E-state index in [1.165, 1.54) is 4.90 Å². The smallest absolute Gasteiger partial charge is 0.329 e. The Morgan fingerprint density at radius 1 is 1.30 bits per heavy atom. The number of nitrogens with zero attached hydrogens (tertiary/aromatic N) is 2. The van der Waals surface area contributed by atoms with E-state index in [2.05, 4.69) is 24.1 Å². The number of likely N-dealkylation sites (N-methyl/N-ethyl adjacent to an activating group) is 1. The highest BCUT2D eigenvalue weighted by atomic mass is 16.4. The average Bonchev–Trinajstić information content (AvgIpc) is 2.88. The van der Waals surface area contributed by atoms with Crippen LogP contribution in [-0.4, -0.2) is 65.2 Å². The van der Waals surface area contributed by atoms with Gasteiger partial charge in [0.2, 0.25) is 0 Å². The summed E-state index contributed by atoms with van der Waals surface area (Å²) in [6.07, 6.45) is 1.75. The van der Waals surface area contributed by atoms with E-state index in [0.29, 0.717) is 25.9 Å². The number of rotatable bonds is 7. The first-order valence-corrected chi connectivity index (χ1v) is 7.53. The molecule has 0 bridgehead atoms. The number of likely N-dealkylation sites (tertiary alicyclic amines) is 1. The largest absolute Gasteiger partial charge is 0.479 e. The third kappa shape index (κ3) is 3.42. The van der Waals surface area contributed by atoms with E-state index in [0.717, 1.165) is 26.1 Å². The van der Waals surface area contributed by atoms with Crippen molar-refractivity contribution in [2.45, 2.75) is 45.6 Å². The van der Waals surface area contributed by atoms with Gasteiger partial charge >= 0.3 is 12.0 Å². The predicted molar refractivity (Wildman–Crippen MR) is 77.8 cm³/mol. The third-order valence-corrected chi connectivity index (χ3v) is 4.32. The highest BCUT2D eigenvalue weighted by Crippen LogP contribution is 2.32. The lowest BCUT2D eigenvalue weighted by molar-refractivity contribution is -0.148. The maximum Gasteiger partial charge on any atom is 0.329 e. The quantitative estimate of drug-likeness (QED) is 0.741. The average molecular weight is 285 g/mol. The molecule has 6 heteroatoms. The van der Waals surface area contributed by atoms with E-state index in [1.807, 2.05) is 6.92 Å². The van der Waals surface area contributed by atoms with Crippen LogP contribution in [0.25, 0.3) is 0 Å². The Bertz CT molecular complexity index is 345. The summed E-state index contributed by atoms with van der Waals surface area (Å²) in [5.74, 6) is -0.892. The van der Waals surface area contributed by atoms with Crippen LogP contribution < -0.4 is 5.32 Å². The molecule has 1 unspecified atom stereocenters. The molecule has 1 atom stereocenters. The fraction of sp³-hybridized carbons (Fsp3) is 0.857. The molecule has 1 aliphatic rings. The summed E-state index contributed by atoms with van der Waals surface area (Å²) in [5, 5.41) is 12.3. The van der Waals surface area contributed by atoms with Gasteiger partial charge in [0.25, 0.3) is 0 Å². The van der Waals surface area contributed by atoms with Crippen molar-refractivity contribution in [1.82, 2.24) is 15.1 Å². The number of urea groups is 1. The Balaban J connectivity index is 2.56. The van der Waals surface area contributed by atoms with E-state index in [1.54, 1.807) is 0 Å². The predicted octanol–water partition coefficient (Wildman–Crippen LogP) is 1.37. The second-order valence-corrected chi connectivity index (χ2v) is 5.20. The number of hydrogen-bond acceptors (Lipinski definition) is 3. The van der Waals surface area contributed by atoms with Crippen LogP contribution in [0.5, 0.6) is 0 Å². The minimum absolute atomic E-state index is 0.251. The summed E-state index contributed by atoms with van der Waals surface area (Å²) in [4.78, 5) is 27.4. The zero-order valence-electron chi connectivity index (χ0n) is 12.8. The first-order valence-electron chi connectivity index (χ1n) is 7.53. The number of hydrogen-bond donors (Lipinski definition) is 2. The minimum Gasteiger partial charge on any atom is -0.479 e. The molecule has 1 heterocycles. The number of carbonyl (C=O) groups is 2. The lowest BCUT2D eigenvalue weighted by Gasteiger charge is -2.34. The molecule has 0 saturated carbocycles. The summed E-state index contributed by atoms with van der Waals surface area (Å²) in [6, 6.07) is -0.251. The van der Waals surface area contributed by atoms with Crippen LogP contribution in [0, 0.1) is 0 Å². The Kier molecular flexibility index (Phi) is 6.26. The molecule has 0 aromatic rings. The molecule has 20 heavy (non-hydrogen) atoms. The van der Waals surface area contributed by atoms with Crippen LogP contribution >= 0.6 is 0 Å². The molecule has 116 valence electrons. The van der Waals surface area contributed by atoms with Crippen LogP contribution in [-0.2, 0) is 4.79 Å². The van der Waals surface area contributed by atoms with Gasteiger partial charge in [0, 0.05) is 19.6 Å². The molecule has 2 amide bonds. The van der Waals surface area contributed by atoms with E-state index in [-0.39, 0.29) is 6.03 Å². The van der Waals surface area contributed by atoms with Crippen molar-refractivity contribution in [2.75, 3.05) is 32.7 Å². The summed E-state index contributed by atoms with van der Waals surface area (Å²) in [7, 11) is 0. The molecule has 2 N–H and O–H groups in total. The molecular weight excluding hydrogens is 258 g/mol. The molecule has 1 fully saturated rings. The Morgan fingerprint density at radius 2 is 1.95 bits per heavy atom. The van der Waals surface area contributed by atoms with Gasteiger partial charge in [0.15, 0.2) is 0 Å². The van der Waals surface area contributed by atoms with Gasteiger partial charge in [-0.3, -0.25) is 0 Å². The molecule has 0 aliphatic carbocycles. The fourth-order valence-electron chi connectivity index (χ4n) is 2.87. The maximum atomic E-state index is 12.2. The third-order valence-electron chi connectivity index (χ3n) is 4.32. The molecule has 0 radical (unpaired) electrons. The van der Waals surface area contributed by atoms with Gasteiger partial charge in [-0.2, -0.15) is 0 Å². The van der Waals surface area contributed by atoms with Crippen LogP contribution in [0.4, 0.5) is 4.79 Å². The Hall–Kier alpha value is -1.30. The van der Waals surface area contributed by atoms with Crippen molar-refractivity contribution in [3.05, 3.63) is 0 Å². The van der Waals surface area contributed by atoms with Gasteiger partial charge in [-0.1, -0.05) is 20.8 Å². The van der Waals surface area contributed by atoms with Crippen molar-refractivity contribution in [2.24, 2.45) is 0 Å². The number of carboxylic acids is 1. The van der Waals surface area contributed by atoms with E-state index >= 15 is 0 Å². The number of carbonyl (C=O) groups excluding carboxylic acids is 1. The summed E-state index contributed by atoms with van der Waals surface area (Å²) >= 11 is 0. The fourth-order valence-corrected chi connectivity index (χ4v) is 2.87. The summed E-state index contributed by atoms with van der Waals surface area (Å²) in [5.41, 5.74) is -1.01. The maximum absolute atomic E-state index is 12.2. The molecule has 0 aromatic heterocycles. The van der Waals surface area contributed by atoms with Crippen molar-refractivity contribution in [1.29, 1.82) is 0 Å². The molecule has 0 spiro atoms. The topological polar surface area (TPSA) is 72.9 Å². The number of amides is 2. The highest BCUT2D eigenvalue weighted by molar-refractivity contribution is 5.87. The number of nitrogens with one attached hydrogen (secondary N) is 1. The Labute approximate surface area is 121 Å². The lowest BCUT2D eigenvalue weighted by Crippen LogP contribution is -2.56. The number of aliphatic carboxylic acids is 1. The molecule has 0 aromatic carbocycles. The van der Waals surface area contributed by atoms with Crippen LogP contribution in [0.15, 0.2) is 0 Å². The molecule has 6 nitrogen and oxygen atoms in total. The van der Waals surface area contributed by atoms with Crippen molar-refractivity contribution >= 4 is 12.0 Å². The van der Waals surface area contributed by atoms with E-state index < -0.39 is 11.5 Å². The molecule has 1 saturated heterocycles. The van der Waals surface area contributed by atoms with Crippen molar-refractivity contribution in [3.63, 3.8) is 0 Å². The van der Waals surface area contributed by atoms with Gasteiger partial charge in [0.05, 0.1) is 0 Å². The SMILES string of the molecule is CCN(CC)CCNC(=O)N1CCCC1(CC)C(=O)O. The zero-order chi connectivity index (χ0) is 15.2. The van der Waals surface area contributed by atoms with Crippen molar-refractivity contribution < 1.29 is 14.7 Å². The second-order valence-electron chi connectivity index (χ2n) is 5.20. The lowest BCUT2D eigenvalue weighted by atomic mass is 9.93. The van der Waals surface area contributed by atoms with Crippen LogP contribution in [0.1, 0.15) is 40.0 Å². The zero-order valence-corrected chi connectivity index (χ0v) is 12.8. The number of carboxylic acid groups (broad SMARTS) is 1. The van der Waals surface area contributed by atoms with Crippen molar-refractivity contribution in [3.8, 4) is 0 Å². The summed E-state index contributed by atoms with van der Waals surface area (Å²) < 4.78 is 0. The van der Waals surface area contributed by atoms with Gasteiger partial charge in [-0.15, -0.1) is 0 Å². The van der Waals surface area contributed by atoms with Gasteiger partial charge in [0.1, 0.15) is 5.54 Å². The second kappa shape index (κ2) is 7.47. The highest BCUT2D eigenvalue weighted by Gasteiger charge is 2.48. The summed E-state index contributed by atoms with van der Waals surface area (Å²) in [6.45, 7) is 9.76. The standard InChI is InChI=1S/C14H27N3O3/c1-4-14(12(18)19)8-7-10-17(14)13(20)15-9-11-16(5-2)6-3/h4-11H2,1-3H3,(H,15,20)(H,18,19). The van der Waals surface area contributed by atoms with Crippen LogP contribution in [0.3, 0.4) is 0 Å². The normalized spacial score (nSPS) is 22.3. The monoisotopic (exact) mass is 285 g/mol. The first-order chi connectivity index (χ1) is 9.51. The van der Waals surface area contributed by atoms with E-state index in [4.69, 9.17) is 0 Å². The first kappa shape index (κ1) is 16.8. The minimum atomic E-state index is -1.01. The Morgan fingerprint density at radius 3 is 2.45 bits per heavy atom. The molecule has 1 aliphatic heterocycles. The molecule has 1 rings (SSSR count). The molecular formula is C14H27N3O3. The van der Waals surface area contributed by atoms with E-state index in [9.17, 15) is 14.7 Å². The van der Waals surface area contributed by atoms with Gasteiger partial charge in [-0.25, -0.2) is 9.59 Å². The van der Waals surface area contributed by atoms with Crippen LogP contribution in [0.2, 0.25) is 0 Å².